The van der Waals surface area contributed by atoms with E-state index >= 15 is 0 Å². The highest BCUT2D eigenvalue weighted by atomic mass is 16.2. The molecule has 0 spiro atoms. The van der Waals surface area contributed by atoms with Gasteiger partial charge in [0.1, 0.15) is 0 Å². The number of carbonyl (C=O) groups excluding carboxylic acids is 1. The lowest BCUT2D eigenvalue weighted by atomic mass is 9.98. The van der Waals surface area contributed by atoms with Crippen molar-refractivity contribution in [2.75, 3.05) is 0 Å². The molecule has 5 aromatic rings. The van der Waals surface area contributed by atoms with E-state index in [1.165, 1.54) is 27.6 Å². The standard InChI is InChI=1S/C34H33N3O/c1-24(2)27-19-17-26(18-20-27)23-35-36-31(38)21-22-37-33-25(3)11-10-16-30(33)32(28-12-6-4-7-13-28)34(37)29-14-8-5-9-15-29/h4-20,23-24H,21-22H2,1-3H3,(H,36,38)/b35-23-. The number of aromatic nitrogens is 1. The smallest absolute Gasteiger partial charge is 0.241 e. The number of carbonyl (C=O) groups is 1. The number of para-hydroxylation sites is 1. The summed E-state index contributed by atoms with van der Waals surface area (Å²) >= 11 is 0. The van der Waals surface area contributed by atoms with Gasteiger partial charge in [0.25, 0.3) is 0 Å². The summed E-state index contributed by atoms with van der Waals surface area (Å²) in [6.45, 7) is 7.02. The summed E-state index contributed by atoms with van der Waals surface area (Å²) < 4.78 is 2.30. The fourth-order valence-electron chi connectivity index (χ4n) is 5.03. The van der Waals surface area contributed by atoms with Crippen LogP contribution in [0.3, 0.4) is 0 Å². The largest absolute Gasteiger partial charge is 0.339 e. The van der Waals surface area contributed by atoms with E-state index in [2.05, 4.69) is 115 Å². The van der Waals surface area contributed by atoms with E-state index in [1.54, 1.807) is 6.21 Å². The molecule has 1 aromatic heterocycles. The molecule has 0 aliphatic rings. The van der Waals surface area contributed by atoms with Gasteiger partial charge in [-0.05, 0) is 40.7 Å². The molecule has 0 fully saturated rings. The van der Waals surface area contributed by atoms with Crippen LogP contribution < -0.4 is 5.43 Å². The van der Waals surface area contributed by atoms with Crippen LogP contribution in [-0.4, -0.2) is 16.7 Å². The minimum Gasteiger partial charge on any atom is -0.339 e. The maximum Gasteiger partial charge on any atom is 0.241 e. The molecule has 5 rings (SSSR count). The Balaban J connectivity index is 1.45. The van der Waals surface area contributed by atoms with E-state index in [-0.39, 0.29) is 5.91 Å². The molecule has 4 heteroatoms. The van der Waals surface area contributed by atoms with Gasteiger partial charge in [-0.1, -0.05) is 117 Å². The number of nitrogens with one attached hydrogen (secondary N) is 1. The Morgan fingerprint density at radius 3 is 2.16 bits per heavy atom. The molecule has 0 aliphatic heterocycles. The zero-order valence-electron chi connectivity index (χ0n) is 22.2. The highest BCUT2D eigenvalue weighted by Crippen LogP contribution is 2.42. The lowest BCUT2D eigenvalue weighted by molar-refractivity contribution is -0.121. The number of rotatable bonds is 8. The molecule has 38 heavy (non-hydrogen) atoms. The summed E-state index contributed by atoms with van der Waals surface area (Å²) in [5.74, 6) is 0.369. The molecular weight excluding hydrogens is 466 g/mol. The van der Waals surface area contributed by atoms with Gasteiger partial charge in [-0.2, -0.15) is 5.10 Å². The number of benzene rings is 4. The number of nitrogens with zero attached hydrogens (tertiary/aromatic N) is 2. The molecule has 0 atom stereocenters. The summed E-state index contributed by atoms with van der Waals surface area (Å²) in [5.41, 5.74) is 11.9. The van der Waals surface area contributed by atoms with Gasteiger partial charge in [-0.25, -0.2) is 5.43 Å². The summed E-state index contributed by atoms with van der Waals surface area (Å²) in [7, 11) is 0. The van der Waals surface area contributed by atoms with Crippen LogP contribution in [0.1, 0.15) is 42.9 Å². The molecule has 0 radical (unpaired) electrons. The van der Waals surface area contributed by atoms with Gasteiger partial charge in [-0.3, -0.25) is 4.79 Å². The lowest BCUT2D eigenvalue weighted by Gasteiger charge is -2.13. The van der Waals surface area contributed by atoms with Crippen LogP contribution in [0.2, 0.25) is 0 Å². The summed E-state index contributed by atoms with van der Waals surface area (Å²) in [6.07, 6.45) is 2.01. The normalized spacial score (nSPS) is 11.5. The van der Waals surface area contributed by atoms with Crippen LogP contribution in [0.15, 0.2) is 108 Å². The predicted molar refractivity (Wildman–Crippen MR) is 158 cm³/mol. The average Bonchev–Trinajstić information content (AvgIpc) is 3.28. The van der Waals surface area contributed by atoms with Crippen molar-refractivity contribution in [3.8, 4) is 22.4 Å². The molecule has 1 amide bonds. The molecule has 0 bridgehead atoms. The maximum atomic E-state index is 12.9. The van der Waals surface area contributed by atoms with Crippen LogP contribution in [0.25, 0.3) is 33.3 Å². The van der Waals surface area contributed by atoms with Crippen LogP contribution in [-0.2, 0) is 11.3 Å². The minimum absolute atomic E-state index is 0.115. The zero-order chi connectivity index (χ0) is 26.5. The Hall–Kier alpha value is -4.44. The average molecular weight is 500 g/mol. The summed E-state index contributed by atoms with van der Waals surface area (Å²) in [5, 5.41) is 5.40. The SMILES string of the molecule is Cc1cccc2c(-c3ccccc3)c(-c3ccccc3)n(CCC(=O)N/N=C\c3ccc(C(C)C)cc3)c12. The van der Waals surface area contributed by atoms with E-state index in [0.29, 0.717) is 18.9 Å². The second kappa shape index (κ2) is 11.3. The first-order valence-electron chi connectivity index (χ1n) is 13.2. The quantitative estimate of drug-likeness (QED) is 0.171. The summed E-state index contributed by atoms with van der Waals surface area (Å²) in [6, 6.07) is 35.6. The number of amides is 1. The van der Waals surface area contributed by atoms with Crippen molar-refractivity contribution in [1.82, 2.24) is 9.99 Å². The summed E-state index contributed by atoms with van der Waals surface area (Å²) in [4.78, 5) is 12.9. The van der Waals surface area contributed by atoms with E-state index in [1.807, 2.05) is 24.3 Å². The van der Waals surface area contributed by atoms with E-state index < -0.39 is 0 Å². The molecule has 1 heterocycles. The van der Waals surface area contributed by atoms with Gasteiger partial charge < -0.3 is 4.57 Å². The molecule has 4 aromatic carbocycles. The Labute approximate surface area is 224 Å². The van der Waals surface area contributed by atoms with Crippen LogP contribution in [0.4, 0.5) is 0 Å². The lowest BCUT2D eigenvalue weighted by Crippen LogP contribution is -2.19. The van der Waals surface area contributed by atoms with Gasteiger partial charge in [-0.15, -0.1) is 0 Å². The monoisotopic (exact) mass is 499 g/mol. The number of aryl methyl sites for hydroxylation is 2. The van der Waals surface area contributed by atoms with Crippen molar-refractivity contribution < 1.29 is 4.79 Å². The van der Waals surface area contributed by atoms with Crippen molar-refractivity contribution in [3.63, 3.8) is 0 Å². The van der Waals surface area contributed by atoms with Gasteiger partial charge in [0.05, 0.1) is 17.4 Å². The fourth-order valence-corrected chi connectivity index (χ4v) is 5.03. The maximum absolute atomic E-state index is 12.9. The second-order valence-electron chi connectivity index (χ2n) is 9.94. The Kier molecular flexibility index (Phi) is 7.50. The Morgan fingerprint density at radius 2 is 1.50 bits per heavy atom. The third-order valence-corrected chi connectivity index (χ3v) is 6.96. The first-order chi connectivity index (χ1) is 18.5. The van der Waals surface area contributed by atoms with Crippen LogP contribution >= 0.6 is 0 Å². The predicted octanol–water partition coefficient (Wildman–Crippen LogP) is 7.95. The number of hydrogen-bond donors (Lipinski definition) is 1. The van der Waals surface area contributed by atoms with Crippen molar-refractivity contribution in [3.05, 3.63) is 120 Å². The van der Waals surface area contributed by atoms with Crippen molar-refractivity contribution in [2.45, 2.75) is 39.7 Å². The molecule has 1 N–H and O–H groups in total. The van der Waals surface area contributed by atoms with E-state index in [9.17, 15) is 4.79 Å². The first-order valence-corrected chi connectivity index (χ1v) is 13.2. The van der Waals surface area contributed by atoms with Gasteiger partial charge in [0.2, 0.25) is 5.91 Å². The highest BCUT2D eigenvalue weighted by Gasteiger charge is 2.21. The van der Waals surface area contributed by atoms with Crippen molar-refractivity contribution >= 4 is 23.0 Å². The number of hydrogen-bond acceptors (Lipinski definition) is 2. The topological polar surface area (TPSA) is 46.4 Å². The van der Waals surface area contributed by atoms with Crippen molar-refractivity contribution in [1.29, 1.82) is 0 Å². The van der Waals surface area contributed by atoms with Crippen LogP contribution in [0, 0.1) is 6.92 Å². The van der Waals surface area contributed by atoms with Gasteiger partial charge in [0.15, 0.2) is 0 Å². The third kappa shape index (κ3) is 5.30. The zero-order valence-corrected chi connectivity index (χ0v) is 22.2. The first kappa shape index (κ1) is 25.2. The molecule has 0 saturated heterocycles. The second-order valence-corrected chi connectivity index (χ2v) is 9.94. The Bertz CT molecular complexity index is 1560. The fraction of sp³-hybridized carbons (Fsp3) is 0.176. The molecule has 0 unspecified atom stereocenters. The number of fused-ring (bicyclic) bond motifs is 1. The molecule has 0 aliphatic carbocycles. The van der Waals surface area contributed by atoms with Gasteiger partial charge >= 0.3 is 0 Å². The number of hydrazone groups is 1. The molecule has 0 saturated carbocycles. The van der Waals surface area contributed by atoms with E-state index in [0.717, 1.165) is 22.3 Å². The molecule has 190 valence electrons. The Morgan fingerprint density at radius 1 is 0.842 bits per heavy atom. The third-order valence-electron chi connectivity index (χ3n) is 6.96. The minimum atomic E-state index is -0.115. The molecule has 4 nitrogen and oxygen atoms in total. The molecular formula is C34H33N3O. The van der Waals surface area contributed by atoms with E-state index in [4.69, 9.17) is 0 Å². The van der Waals surface area contributed by atoms with Crippen LogP contribution in [0.5, 0.6) is 0 Å². The highest BCUT2D eigenvalue weighted by molar-refractivity contribution is 6.05. The van der Waals surface area contributed by atoms with Crippen molar-refractivity contribution in [2.24, 2.45) is 5.10 Å². The van der Waals surface area contributed by atoms with Gasteiger partial charge in [0, 0.05) is 23.9 Å².